The molecule has 1 aliphatic heterocycles. The monoisotopic (exact) mass is 337 g/mol. The summed E-state index contributed by atoms with van der Waals surface area (Å²) >= 11 is 0. The fraction of sp³-hybridized carbons (Fsp3) is 0.222. The van der Waals surface area contributed by atoms with Crippen LogP contribution in [-0.2, 0) is 17.9 Å². The van der Waals surface area contributed by atoms with Crippen molar-refractivity contribution < 1.29 is 9.18 Å². The van der Waals surface area contributed by atoms with Gasteiger partial charge in [0, 0.05) is 12.7 Å². The predicted molar refractivity (Wildman–Crippen MR) is 88.6 cm³/mol. The Morgan fingerprint density at radius 3 is 2.84 bits per heavy atom. The third kappa shape index (κ3) is 2.77. The van der Waals surface area contributed by atoms with Gasteiger partial charge in [-0.15, -0.1) is 10.2 Å². The number of halogens is 1. The Labute approximate surface area is 143 Å². The van der Waals surface area contributed by atoms with Crippen LogP contribution in [0.2, 0.25) is 0 Å². The number of hydrogen-bond donors (Lipinski definition) is 0. The van der Waals surface area contributed by atoms with E-state index in [2.05, 4.69) is 15.2 Å². The molecule has 1 aliphatic rings. The number of hydrogen-bond acceptors (Lipinski definition) is 4. The van der Waals surface area contributed by atoms with Crippen LogP contribution in [-0.4, -0.2) is 30.6 Å². The zero-order chi connectivity index (χ0) is 17.4. The topological polar surface area (TPSA) is 63.9 Å². The van der Waals surface area contributed by atoms with Gasteiger partial charge in [0.2, 0.25) is 5.91 Å². The molecule has 6 nitrogen and oxygen atoms in total. The third-order valence-electron chi connectivity index (χ3n) is 4.31. The van der Waals surface area contributed by atoms with E-state index < -0.39 is 6.04 Å². The lowest BCUT2D eigenvalue weighted by molar-refractivity contribution is -0.137. The number of pyridine rings is 1. The number of nitrogens with zero attached hydrogens (tertiary/aromatic N) is 5. The Hall–Kier alpha value is -3.09. The molecule has 3 aromatic rings. The van der Waals surface area contributed by atoms with Crippen LogP contribution in [0.15, 0.2) is 48.7 Å². The van der Waals surface area contributed by atoms with Gasteiger partial charge in [-0.3, -0.25) is 14.3 Å². The molecule has 0 fully saturated rings. The van der Waals surface area contributed by atoms with Gasteiger partial charge in [0.25, 0.3) is 0 Å². The van der Waals surface area contributed by atoms with Crippen LogP contribution in [0.1, 0.15) is 24.4 Å². The average molecular weight is 337 g/mol. The quantitative estimate of drug-likeness (QED) is 0.737. The lowest BCUT2D eigenvalue weighted by Crippen LogP contribution is -2.41. The van der Waals surface area contributed by atoms with Gasteiger partial charge >= 0.3 is 0 Å². The summed E-state index contributed by atoms with van der Waals surface area (Å²) in [5, 5.41) is 8.45. The van der Waals surface area contributed by atoms with Crippen LogP contribution in [0.4, 0.5) is 4.39 Å². The van der Waals surface area contributed by atoms with Crippen molar-refractivity contribution in [3.05, 3.63) is 65.9 Å². The van der Waals surface area contributed by atoms with E-state index in [9.17, 15) is 9.18 Å². The lowest BCUT2D eigenvalue weighted by Gasteiger charge is -2.32. The number of carbonyl (C=O) groups is 1. The number of fused-ring (bicyclic) bond motifs is 1. The molecule has 1 atom stereocenters. The van der Waals surface area contributed by atoms with E-state index in [1.807, 2.05) is 29.7 Å². The Kier molecular flexibility index (Phi) is 3.76. The molecule has 2 aromatic heterocycles. The smallest absolute Gasteiger partial charge is 0.246 e. The van der Waals surface area contributed by atoms with Gasteiger partial charge in [0.05, 0.1) is 6.54 Å². The second kappa shape index (κ2) is 6.08. The predicted octanol–water partition coefficient (Wildman–Crippen LogP) is 2.58. The summed E-state index contributed by atoms with van der Waals surface area (Å²) in [5.41, 5.74) is 1.43. The first kappa shape index (κ1) is 15.4. The summed E-state index contributed by atoms with van der Waals surface area (Å²) in [5.74, 6) is 0.926. The van der Waals surface area contributed by atoms with Crippen molar-refractivity contribution >= 4 is 5.91 Å². The summed E-state index contributed by atoms with van der Waals surface area (Å²) in [6.45, 7) is 2.49. The Morgan fingerprint density at radius 1 is 1.20 bits per heavy atom. The second-order valence-electron chi connectivity index (χ2n) is 6.03. The molecule has 1 aromatic carbocycles. The van der Waals surface area contributed by atoms with Crippen molar-refractivity contribution in [3.8, 4) is 11.5 Å². The molecule has 4 rings (SSSR count). The van der Waals surface area contributed by atoms with E-state index in [0.29, 0.717) is 30.4 Å². The van der Waals surface area contributed by atoms with Crippen LogP contribution in [0.25, 0.3) is 11.5 Å². The van der Waals surface area contributed by atoms with Gasteiger partial charge in [0.15, 0.2) is 11.6 Å². The van der Waals surface area contributed by atoms with Gasteiger partial charge in [-0.25, -0.2) is 4.39 Å². The number of rotatable bonds is 3. The van der Waals surface area contributed by atoms with Gasteiger partial charge in [-0.1, -0.05) is 18.2 Å². The standard InChI is InChI=1S/C18H16FN5O/c1-12-18(25)23(10-13-5-4-6-14(19)9-13)11-16-21-22-17(24(12)16)15-7-2-3-8-20-15/h2-9,12H,10-11H2,1H3/t12-/m0/s1. The van der Waals surface area contributed by atoms with Gasteiger partial charge in [-0.05, 0) is 36.8 Å². The van der Waals surface area contributed by atoms with E-state index in [1.54, 1.807) is 23.2 Å². The summed E-state index contributed by atoms with van der Waals surface area (Å²) in [7, 11) is 0. The highest BCUT2D eigenvalue weighted by molar-refractivity contribution is 5.81. The van der Waals surface area contributed by atoms with Crippen molar-refractivity contribution in [1.82, 2.24) is 24.6 Å². The molecule has 0 N–H and O–H groups in total. The van der Waals surface area contributed by atoms with Crippen molar-refractivity contribution in [3.63, 3.8) is 0 Å². The van der Waals surface area contributed by atoms with Crippen molar-refractivity contribution in [2.75, 3.05) is 0 Å². The van der Waals surface area contributed by atoms with E-state index in [1.165, 1.54) is 12.1 Å². The number of benzene rings is 1. The average Bonchev–Trinajstić information content (AvgIpc) is 3.04. The Morgan fingerprint density at radius 2 is 2.08 bits per heavy atom. The molecule has 3 heterocycles. The van der Waals surface area contributed by atoms with E-state index in [-0.39, 0.29) is 11.7 Å². The normalized spacial score (nSPS) is 16.8. The summed E-state index contributed by atoms with van der Waals surface area (Å²) in [6.07, 6.45) is 1.68. The maximum absolute atomic E-state index is 13.4. The number of carbonyl (C=O) groups excluding carboxylic acids is 1. The number of amides is 1. The largest absolute Gasteiger partial charge is 0.329 e. The molecule has 0 unspecified atom stereocenters. The maximum atomic E-state index is 13.4. The van der Waals surface area contributed by atoms with Crippen LogP contribution < -0.4 is 0 Å². The molecular weight excluding hydrogens is 321 g/mol. The fourth-order valence-electron chi connectivity index (χ4n) is 3.12. The highest BCUT2D eigenvalue weighted by Gasteiger charge is 2.33. The van der Waals surface area contributed by atoms with Gasteiger partial charge in [-0.2, -0.15) is 0 Å². The first-order valence-corrected chi connectivity index (χ1v) is 8.02. The molecule has 1 amide bonds. The minimum absolute atomic E-state index is 0.0475. The van der Waals surface area contributed by atoms with Crippen molar-refractivity contribution in [2.45, 2.75) is 26.1 Å². The SMILES string of the molecule is C[C@H]1C(=O)N(Cc2cccc(F)c2)Cc2nnc(-c3ccccn3)n21. The van der Waals surface area contributed by atoms with Crippen LogP contribution in [0, 0.1) is 5.82 Å². The molecule has 0 radical (unpaired) electrons. The van der Waals surface area contributed by atoms with E-state index in [0.717, 1.165) is 5.56 Å². The molecule has 126 valence electrons. The van der Waals surface area contributed by atoms with Gasteiger partial charge in [0.1, 0.15) is 17.6 Å². The molecule has 0 bridgehead atoms. The van der Waals surface area contributed by atoms with E-state index in [4.69, 9.17) is 0 Å². The van der Waals surface area contributed by atoms with Gasteiger partial charge < -0.3 is 4.90 Å². The molecule has 25 heavy (non-hydrogen) atoms. The third-order valence-corrected chi connectivity index (χ3v) is 4.31. The fourth-order valence-corrected chi connectivity index (χ4v) is 3.12. The zero-order valence-electron chi connectivity index (χ0n) is 13.6. The van der Waals surface area contributed by atoms with Crippen molar-refractivity contribution in [1.29, 1.82) is 0 Å². The Bertz CT molecular complexity index is 924. The molecule has 0 spiro atoms. The van der Waals surface area contributed by atoms with Crippen LogP contribution >= 0.6 is 0 Å². The Balaban J connectivity index is 1.66. The van der Waals surface area contributed by atoms with E-state index >= 15 is 0 Å². The lowest BCUT2D eigenvalue weighted by atomic mass is 10.1. The minimum atomic E-state index is -0.440. The second-order valence-corrected chi connectivity index (χ2v) is 6.03. The molecule has 7 heteroatoms. The zero-order valence-corrected chi connectivity index (χ0v) is 13.6. The van der Waals surface area contributed by atoms with Crippen molar-refractivity contribution in [2.24, 2.45) is 0 Å². The molecule has 0 saturated heterocycles. The minimum Gasteiger partial charge on any atom is -0.329 e. The van der Waals surface area contributed by atoms with Crippen LogP contribution in [0.5, 0.6) is 0 Å². The molecule has 0 saturated carbocycles. The summed E-state index contributed by atoms with van der Waals surface area (Å²) in [4.78, 5) is 18.8. The number of aromatic nitrogens is 4. The maximum Gasteiger partial charge on any atom is 0.246 e. The molecular formula is C18H16FN5O. The first-order chi connectivity index (χ1) is 12.1. The van der Waals surface area contributed by atoms with Crippen LogP contribution in [0.3, 0.4) is 0 Å². The summed E-state index contributed by atoms with van der Waals surface area (Å²) < 4.78 is 15.2. The highest BCUT2D eigenvalue weighted by Crippen LogP contribution is 2.28. The molecule has 0 aliphatic carbocycles. The first-order valence-electron chi connectivity index (χ1n) is 8.02. The summed E-state index contributed by atoms with van der Waals surface area (Å²) in [6, 6.07) is 11.4. The highest BCUT2D eigenvalue weighted by atomic mass is 19.1.